The van der Waals surface area contributed by atoms with Gasteiger partial charge in [0.25, 0.3) is 0 Å². The maximum absolute atomic E-state index is 11.7. The van der Waals surface area contributed by atoms with Crippen LogP contribution in [0.25, 0.3) is 22.2 Å². The molecule has 3 rings (SSSR count). The molecule has 0 spiro atoms. The van der Waals surface area contributed by atoms with E-state index in [0.29, 0.717) is 17.8 Å². The van der Waals surface area contributed by atoms with Crippen LogP contribution in [0.5, 0.6) is 0 Å². The lowest BCUT2D eigenvalue weighted by molar-refractivity contribution is 0.282. The second kappa shape index (κ2) is 7.43. The minimum absolute atomic E-state index is 0.00456. The van der Waals surface area contributed by atoms with Gasteiger partial charge in [0.2, 0.25) is 10.0 Å². The predicted molar refractivity (Wildman–Crippen MR) is 107 cm³/mol. The molecule has 0 bridgehead atoms. The van der Waals surface area contributed by atoms with Gasteiger partial charge in [-0.05, 0) is 43.2 Å². The zero-order valence-electron chi connectivity index (χ0n) is 15.2. The van der Waals surface area contributed by atoms with E-state index in [4.69, 9.17) is 0 Å². The van der Waals surface area contributed by atoms with Crippen LogP contribution in [0.4, 0.5) is 5.69 Å². The standard InChI is InChI=1S/C20H21N3O3S/c1-3-23-19-11-14(13-24)5-10-17(19)18(12-21)20(23)15-6-8-16(9-7-15)22-27(25,26)4-2/h5-11,22,24H,3-4,13H2,1-2H3. The molecule has 0 saturated heterocycles. The van der Waals surface area contributed by atoms with Crippen LogP contribution in [-0.2, 0) is 23.2 Å². The zero-order chi connectivity index (χ0) is 19.6. The van der Waals surface area contributed by atoms with Crippen LogP contribution in [-0.4, -0.2) is 23.8 Å². The fourth-order valence-electron chi connectivity index (χ4n) is 3.18. The number of aryl methyl sites for hydroxylation is 1. The maximum Gasteiger partial charge on any atom is 0.232 e. The molecule has 0 aliphatic rings. The van der Waals surface area contributed by atoms with Gasteiger partial charge >= 0.3 is 0 Å². The van der Waals surface area contributed by atoms with E-state index in [-0.39, 0.29) is 12.4 Å². The third-order valence-corrected chi connectivity index (χ3v) is 5.86. The summed E-state index contributed by atoms with van der Waals surface area (Å²) in [6, 6.07) is 14.9. The number of sulfonamides is 1. The Morgan fingerprint density at radius 1 is 1.15 bits per heavy atom. The van der Waals surface area contributed by atoms with Crippen molar-refractivity contribution in [1.82, 2.24) is 4.57 Å². The first-order valence-electron chi connectivity index (χ1n) is 8.71. The van der Waals surface area contributed by atoms with Crippen molar-refractivity contribution in [3.05, 3.63) is 53.6 Å². The smallest absolute Gasteiger partial charge is 0.232 e. The molecule has 6 nitrogen and oxygen atoms in total. The molecule has 2 N–H and O–H groups in total. The molecule has 0 amide bonds. The summed E-state index contributed by atoms with van der Waals surface area (Å²) < 4.78 is 28.0. The summed E-state index contributed by atoms with van der Waals surface area (Å²) in [4.78, 5) is 0. The Morgan fingerprint density at radius 3 is 2.41 bits per heavy atom. The SMILES string of the molecule is CCn1c(-c2ccc(NS(=O)(=O)CC)cc2)c(C#N)c2ccc(CO)cc21. The molecule has 2 aromatic carbocycles. The summed E-state index contributed by atoms with van der Waals surface area (Å²) >= 11 is 0. The summed E-state index contributed by atoms with van der Waals surface area (Å²) in [5.74, 6) is 0.00456. The molecule has 7 heteroatoms. The van der Waals surface area contributed by atoms with Gasteiger partial charge in [-0.3, -0.25) is 4.72 Å². The van der Waals surface area contributed by atoms with Crippen molar-refractivity contribution in [3.63, 3.8) is 0 Å². The summed E-state index contributed by atoms with van der Waals surface area (Å²) in [5.41, 5.74) is 4.35. The lowest BCUT2D eigenvalue weighted by Gasteiger charge is -2.11. The number of aromatic nitrogens is 1. The molecule has 0 radical (unpaired) electrons. The van der Waals surface area contributed by atoms with Crippen LogP contribution >= 0.6 is 0 Å². The molecule has 1 aromatic heterocycles. The average Bonchev–Trinajstić information content (AvgIpc) is 3.00. The van der Waals surface area contributed by atoms with Crippen LogP contribution in [0, 0.1) is 11.3 Å². The van der Waals surface area contributed by atoms with Crippen molar-refractivity contribution in [1.29, 1.82) is 5.26 Å². The van der Waals surface area contributed by atoms with Gasteiger partial charge < -0.3 is 9.67 Å². The minimum Gasteiger partial charge on any atom is -0.392 e. The van der Waals surface area contributed by atoms with Gasteiger partial charge in [0.1, 0.15) is 6.07 Å². The summed E-state index contributed by atoms with van der Waals surface area (Å²) in [5, 5.41) is 20.0. The van der Waals surface area contributed by atoms with Gasteiger partial charge in [-0.15, -0.1) is 0 Å². The number of nitrogens with one attached hydrogen (secondary N) is 1. The topological polar surface area (TPSA) is 95.1 Å². The normalized spacial score (nSPS) is 11.5. The van der Waals surface area contributed by atoms with E-state index >= 15 is 0 Å². The molecule has 0 saturated carbocycles. The van der Waals surface area contributed by atoms with Crippen molar-refractivity contribution in [2.75, 3.05) is 10.5 Å². The van der Waals surface area contributed by atoms with E-state index < -0.39 is 10.0 Å². The van der Waals surface area contributed by atoms with Gasteiger partial charge in [-0.25, -0.2) is 8.42 Å². The van der Waals surface area contributed by atoms with Crippen molar-refractivity contribution < 1.29 is 13.5 Å². The molecule has 1 heterocycles. The van der Waals surface area contributed by atoms with E-state index in [1.165, 1.54) is 0 Å². The number of anilines is 1. The molecule has 0 aliphatic heterocycles. The Labute approximate surface area is 158 Å². The van der Waals surface area contributed by atoms with Gasteiger partial charge in [-0.2, -0.15) is 5.26 Å². The highest BCUT2D eigenvalue weighted by Crippen LogP contribution is 2.34. The lowest BCUT2D eigenvalue weighted by atomic mass is 10.1. The summed E-state index contributed by atoms with van der Waals surface area (Å²) in [6.45, 7) is 4.18. The van der Waals surface area contributed by atoms with Crippen LogP contribution in [0.2, 0.25) is 0 Å². The van der Waals surface area contributed by atoms with Crippen molar-refractivity contribution in [2.45, 2.75) is 27.0 Å². The number of fused-ring (bicyclic) bond motifs is 1. The van der Waals surface area contributed by atoms with Crippen LogP contribution in [0.15, 0.2) is 42.5 Å². The Balaban J connectivity index is 2.15. The number of nitrogens with zero attached hydrogens (tertiary/aromatic N) is 2. The van der Waals surface area contributed by atoms with Gasteiger partial charge in [-0.1, -0.05) is 24.3 Å². The second-order valence-corrected chi connectivity index (χ2v) is 8.18. The van der Waals surface area contributed by atoms with E-state index in [0.717, 1.165) is 27.7 Å². The van der Waals surface area contributed by atoms with E-state index in [9.17, 15) is 18.8 Å². The van der Waals surface area contributed by atoms with Crippen molar-refractivity contribution in [2.24, 2.45) is 0 Å². The molecule has 0 aliphatic carbocycles. The van der Waals surface area contributed by atoms with Crippen LogP contribution in [0.1, 0.15) is 25.0 Å². The van der Waals surface area contributed by atoms with E-state index in [1.807, 2.05) is 41.8 Å². The fraction of sp³-hybridized carbons (Fsp3) is 0.250. The maximum atomic E-state index is 11.7. The van der Waals surface area contributed by atoms with Gasteiger partial charge in [0.15, 0.2) is 0 Å². The minimum atomic E-state index is -3.34. The number of benzene rings is 2. The number of rotatable bonds is 6. The highest BCUT2D eigenvalue weighted by molar-refractivity contribution is 7.92. The molecule has 0 unspecified atom stereocenters. The average molecular weight is 383 g/mol. The molecular formula is C20H21N3O3S. The largest absolute Gasteiger partial charge is 0.392 e. The molecule has 140 valence electrons. The fourth-order valence-corrected chi connectivity index (χ4v) is 3.82. The van der Waals surface area contributed by atoms with Crippen LogP contribution < -0.4 is 4.72 Å². The third kappa shape index (κ3) is 3.54. The Morgan fingerprint density at radius 2 is 1.85 bits per heavy atom. The van der Waals surface area contributed by atoms with Gasteiger partial charge in [0.05, 0.1) is 29.1 Å². The van der Waals surface area contributed by atoms with E-state index in [1.54, 1.807) is 19.1 Å². The van der Waals surface area contributed by atoms with Crippen LogP contribution in [0.3, 0.4) is 0 Å². The highest BCUT2D eigenvalue weighted by atomic mass is 32.2. The quantitative estimate of drug-likeness (QED) is 0.681. The Hall–Kier alpha value is -2.82. The zero-order valence-corrected chi connectivity index (χ0v) is 16.0. The number of hydrogen-bond acceptors (Lipinski definition) is 4. The first-order valence-corrected chi connectivity index (χ1v) is 10.4. The molecule has 0 fully saturated rings. The number of hydrogen-bond donors (Lipinski definition) is 2. The number of nitriles is 1. The van der Waals surface area contributed by atoms with E-state index in [2.05, 4.69) is 10.8 Å². The molecule has 0 atom stereocenters. The molecule has 27 heavy (non-hydrogen) atoms. The summed E-state index contributed by atoms with van der Waals surface area (Å²) in [7, 11) is -3.34. The first kappa shape index (κ1) is 19.0. The monoisotopic (exact) mass is 383 g/mol. The Bertz CT molecular complexity index is 1120. The molecular weight excluding hydrogens is 362 g/mol. The van der Waals surface area contributed by atoms with Gasteiger partial charge in [0, 0.05) is 17.6 Å². The highest BCUT2D eigenvalue weighted by Gasteiger charge is 2.18. The summed E-state index contributed by atoms with van der Waals surface area (Å²) in [6.07, 6.45) is 0. The molecule has 3 aromatic rings. The second-order valence-electron chi connectivity index (χ2n) is 6.17. The third-order valence-electron chi connectivity index (χ3n) is 4.55. The Kier molecular flexibility index (Phi) is 5.22. The number of aliphatic hydroxyl groups is 1. The number of aliphatic hydroxyl groups excluding tert-OH is 1. The van der Waals surface area contributed by atoms with Crippen molar-refractivity contribution in [3.8, 4) is 17.3 Å². The lowest BCUT2D eigenvalue weighted by Crippen LogP contribution is -2.14. The van der Waals surface area contributed by atoms with Crippen molar-refractivity contribution >= 4 is 26.6 Å². The first-order chi connectivity index (χ1) is 12.9. The predicted octanol–water partition coefficient (Wildman–Crippen LogP) is 3.45.